The standard InChI is InChI=1S/C32H28BrN5O3S/c1-3-4-8-17-41-25-14-11-21(12-15-25)30-34-32-38(36-30)31(39)28(42-32)19-23-20-37(24-9-6-5-7-10-24)35-29(23)22-13-16-27(40-2)26(33)18-22/h5-7,9-16,18-20H,3-4,8,17H2,1-2H3. The maximum absolute atomic E-state index is 13.4. The summed E-state index contributed by atoms with van der Waals surface area (Å²) in [7, 11) is 1.63. The predicted octanol–water partition coefficient (Wildman–Crippen LogP) is 6.56. The van der Waals surface area contributed by atoms with E-state index in [0.717, 1.165) is 63.3 Å². The van der Waals surface area contributed by atoms with E-state index in [1.807, 2.05) is 89.8 Å². The van der Waals surface area contributed by atoms with Crippen LogP contribution in [-0.2, 0) is 0 Å². The zero-order valence-electron chi connectivity index (χ0n) is 23.2. The Hall–Kier alpha value is -4.28. The molecule has 0 atom stereocenters. The average Bonchev–Trinajstić information content (AvgIpc) is 3.71. The molecule has 6 aromatic rings. The number of halogens is 1. The number of unbranched alkanes of at least 4 members (excludes halogenated alkanes) is 2. The second-order valence-corrected chi connectivity index (χ2v) is 11.6. The quantitative estimate of drug-likeness (QED) is 0.158. The van der Waals surface area contributed by atoms with Crippen LogP contribution in [0.4, 0.5) is 0 Å². The van der Waals surface area contributed by atoms with E-state index in [-0.39, 0.29) is 5.56 Å². The third kappa shape index (κ3) is 5.73. The van der Waals surface area contributed by atoms with Crippen LogP contribution < -0.4 is 19.6 Å². The van der Waals surface area contributed by atoms with E-state index in [2.05, 4.69) is 32.9 Å². The lowest BCUT2D eigenvalue weighted by Crippen LogP contribution is -2.23. The number of methoxy groups -OCH3 is 1. The van der Waals surface area contributed by atoms with Gasteiger partial charge in [-0.3, -0.25) is 4.79 Å². The van der Waals surface area contributed by atoms with Crippen LogP contribution in [0.2, 0.25) is 0 Å². The van der Waals surface area contributed by atoms with Gasteiger partial charge in [0.25, 0.3) is 5.56 Å². The van der Waals surface area contributed by atoms with Crippen LogP contribution in [0, 0.1) is 0 Å². The molecule has 0 aliphatic heterocycles. The lowest BCUT2D eigenvalue weighted by atomic mass is 10.1. The van der Waals surface area contributed by atoms with E-state index in [9.17, 15) is 4.79 Å². The van der Waals surface area contributed by atoms with Crippen LogP contribution in [0.25, 0.3) is 39.4 Å². The van der Waals surface area contributed by atoms with Crippen LogP contribution in [-0.4, -0.2) is 38.1 Å². The average molecular weight is 643 g/mol. The fourth-order valence-electron chi connectivity index (χ4n) is 4.58. The van der Waals surface area contributed by atoms with Gasteiger partial charge in [-0.15, -0.1) is 5.10 Å². The molecule has 0 amide bonds. The maximum atomic E-state index is 13.4. The van der Waals surface area contributed by atoms with Gasteiger partial charge < -0.3 is 9.47 Å². The normalized spacial score (nSPS) is 11.8. The van der Waals surface area contributed by atoms with Crippen LogP contribution >= 0.6 is 27.3 Å². The Morgan fingerprint density at radius 1 is 0.976 bits per heavy atom. The van der Waals surface area contributed by atoms with Gasteiger partial charge in [-0.2, -0.15) is 14.6 Å². The number of thiazole rings is 1. The van der Waals surface area contributed by atoms with Gasteiger partial charge in [0.15, 0.2) is 5.82 Å². The van der Waals surface area contributed by atoms with E-state index in [1.165, 1.54) is 15.9 Å². The van der Waals surface area contributed by atoms with Crippen molar-refractivity contribution < 1.29 is 9.47 Å². The first-order valence-electron chi connectivity index (χ1n) is 13.7. The van der Waals surface area contributed by atoms with Crippen molar-refractivity contribution in [2.24, 2.45) is 0 Å². The second kappa shape index (κ2) is 12.3. The Labute approximate surface area is 255 Å². The molecule has 0 saturated carbocycles. The lowest BCUT2D eigenvalue weighted by molar-refractivity contribution is 0.306. The van der Waals surface area contributed by atoms with Gasteiger partial charge in [-0.05, 0) is 83.0 Å². The van der Waals surface area contributed by atoms with Gasteiger partial charge in [-0.1, -0.05) is 49.3 Å². The Balaban J connectivity index is 1.35. The van der Waals surface area contributed by atoms with Crippen molar-refractivity contribution in [3.63, 3.8) is 0 Å². The first-order chi connectivity index (χ1) is 20.5. The summed E-state index contributed by atoms with van der Waals surface area (Å²) in [5.74, 6) is 2.04. The molecule has 0 unspecified atom stereocenters. The summed E-state index contributed by atoms with van der Waals surface area (Å²) in [6, 6.07) is 23.3. The lowest BCUT2D eigenvalue weighted by Gasteiger charge is -2.05. The molecule has 3 heterocycles. The minimum Gasteiger partial charge on any atom is -0.496 e. The van der Waals surface area contributed by atoms with Gasteiger partial charge in [-0.25, -0.2) is 4.68 Å². The van der Waals surface area contributed by atoms with Gasteiger partial charge in [0.2, 0.25) is 4.96 Å². The summed E-state index contributed by atoms with van der Waals surface area (Å²) >= 11 is 4.88. The summed E-state index contributed by atoms with van der Waals surface area (Å²) in [5, 5.41) is 9.41. The van der Waals surface area contributed by atoms with Crippen molar-refractivity contribution in [1.29, 1.82) is 0 Å². The zero-order valence-corrected chi connectivity index (χ0v) is 25.6. The van der Waals surface area contributed by atoms with E-state index >= 15 is 0 Å². The number of aromatic nitrogens is 5. The fraction of sp³-hybridized carbons (Fsp3) is 0.188. The topological polar surface area (TPSA) is 83.5 Å². The first-order valence-corrected chi connectivity index (χ1v) is 15.3. The van der Waals surface area contributed by atoms with Crippen LogP contribution in [0.1, 0.15) is 31.7 Å². The van der Waals surface area contributed by atoms with E-state index in [1.54, 1.807) is 7.11 Å². The Morgan fingerprint density at radius 2 is 1.76 bits per heavy atom. The third-order valence-corrected chi connectivity index (χ3v) is 8.36. The Bertz CT molecular complexity index is 1950. The maximum Gasteiger partial charge on any atom is 0.291 e. The molecule has 3 aromatic heterocycles. The Morgan fingerprint density at radius 3 is 2.48 bits per heavy atom. The molecule has 42 heavy (non-hydrogen) atoms. The monoisotopic (exact) mass is 641 g/mol. The minimum atomic E-state index is -0.223. The number of fused-ring (bicyclic) bond motifs is 1. The van der Waals surface area contributed by atoms with Crippen molar-refractivity contribution >= 4 is 38.3 Å². The number of benzene rings is 3. The molecule has 0 aliphatic rings. The molecule has 0 radical (unpaired) electrons. The summed E-state index contributed by atoms with van der Waals surface area (Å²) in [4.78, 5) is 18.6. The van der Waals surface area contributed by atoms with Gasteiger partial charge in [0.05, 0.1) is 28.4 Å². The molecule has 3 aromatic carbocycles. The first kappa shape index (κ1) is 27.9. The van der Waals surface area contributed by atoms with Crippen molar-refractivity contribution in [2.75, 3.05) is 13.7 Å². The van der Waals surface area contributed by atoms with Crippen LogP contribution in [0.5, 0.6) is 11.5 Å². The second-order valence-electron chi connectivity index (χ2n) is 9.69. The Kier molecular flexibility index (Phi) is 8.16. The SMILES string of the molecule is CCCCCOc1ccc(-c2nc3sc(=Cc4cn(-c5ccccc5)nc4-c4ccc(OC)c(Br)c4)c(=O)n3n2)cc1. The summed E-state index contributed by atoms with van der Waals surface area (Å²) < 4.78 is 15.7. The van der Waals surface area contributed by atoms with Gasteiger partial charge >= 0.3 is 0 Å². The number of para-hydroxylation sites is 1. The highest BCUT2D eigenvalue weighted by Crippen LogP contribution is 2.32. The molecule has 0 aliphatic carbocycles. The highest BCUT2D eigenvalue weighted by Gasteiger charge is 2.16. The number of ether oxygens (including phenoxy) is 2. The van der Waals surface area contributed by atoms with E-state index in [0.29, 0.717) is 21.9 Å². The molecular formula is C32H28BrN5O3S. The molecule has 8 nitrogen and oxygen atoms in total. The summed E-state index contributed by atoms with van der Waals surface area (Å²) in [6.45, 7) is 2.87. The van der Waals surface area contributed by atoms with E-state index in [4.69, 9.17) is 14.6 Å². The molecule has 10 heteroatoms. The molecule has 0 N–H and O–H groups in total. The highest BCUT2D eigenvalue weighted by atomic mass is 79.9. The number of hydrogen-bond donors (Lipinski definition) is 0. The summed E-state index contributed by atoms with van der Waals surface area (Å²) in [5.41, 5.74) is 3.94. The largest absolute Gasteiger partial charge is 0.496 e. The van der Waals surface area contributed by atoms with Crippen molar-refractivity contribution in [1.82, 2.24) is 24.4 Å². The molecule has 0 fully saturated rings. The smallest absolute Gasteiger partial charge is 0.291 e. The minimum absolute atomic E-state index is 0.223. The van der Waals surface area contributed by atoms with Crippen LogP contribution in [0.15, 0.2) is 88.3 Å². The number of rotatable bonds is 10. The molecule has 0 bridgehead atoms. The number of nitrogens with zero attached hydrogens (tertiary/aromatic N) is 5. The van der Waals surface area contributed by atoms with Crippen molar-refractivity contribution in [3.8, 4) is 39.8 Å². The van der Waals surface area contributed by atoms with Crippen molar-refractivity contribution in [2.45, 2.75) is 26.2 Å². The zero-order chi connectivity index (χ0) is 29.1. The molecule has 0 spiro atoms. The fourth-order valence-corrected chi connectivity index (χ4v) is 6.02. The van der Waals surface area contributed by atoms with Gasteiger partial charge in [0.1, 0.15) is 17.2 Å². The molecule has 0 saturated heterocycles. The third-order valence-electron chi connectivity index (χ3n) is 6.79. The molecule has 212 valence electrons. The molecule has 6 rings (SSSR count). The van der Waals surface area contributed by atoms with Gasteiger partial charge in [0, 0.05) is 22.9 Å². The van der Waals surface area contributed by atoms with Crippen molar-refractivity contribution in [3.05, 3.63) is 104 Å². The van der Waals surface area contributed by atoms with Crippen LogP contribution in [0.3, 0.4) is 0 Å². The highest BCUT2D eigenvalue weighted by molar-refractivity contribution is 9.10. The predicted molar refractivity (Wildman–Crippen MR) is 170 cm³/mol. The van der Waals surface area contributed by atoms with E-state index < -0.39 is 0 Å². The number of hydrogen-bond acceptors (Lipinski definition) is 7. The summed E-state index contributed by atoms with van der Waals surface area (Å²) in [6.07, 6.45) is 7.13. The molecular weight excluding hydrogens is 614 g/mol.